The number of ether oxygens (including phenoxy) is 3. The molecule has 4 rings (SSSR count). The number of nitrogens with zero attached hydrogens (tertiary/aromatic N) is 4. The summed E-state index contributed by atoms with van der Waals surface area (Å²) < 4.78 is 16.5. The van der Waals surface area contributed by atoms with Crippen LogP contribution in [0.25, 0.3) is 0 Å². The molecule has 3 amide bonds. The number of hydrazone groups is 1. The van der Waals surface area contributed by atoms with E-state index in [0.29, 0.717) is 48.9 Å². The molecule has 220 valence electrons. The number of imide groups is 1. The summed E-state index contributed by atoms with van der Waals surface area (Å²) in [6.07, 6.45) is -0.191. The zero-order valence-corrected chi connectivity index (χ0v) is 25.1. The fourth-order valence-electron chi connectivity index (χ4n) is 5.14. The third kappa shape index (κ3) is 6.68. The van der Waals surface area contributed by atoms with Gasteiger partial charge >= 0.3 is 11.3 Å². The molecule has 2 atom stereocenters. The molecule has 0 fully saturated rings. The van der Waals surface area contributed by atoms with Crippen LogP contribution in [0.3, 0.4) is 0 Å². The second-order valence-electron chi connectivity index (χ2n) is 9.66. The van der Waals surface area contributed by atoms with E-state index in [1.165, 1.54) is 0 Å². The van der Waals surface area contributed by atoms with Gasteiger partial charge < -0.3 is 24.0 Å². The third-order valence-corrected chi connectivity index (χ3v) is 8.31. The van der Waals surface area contributed by atoms with Crippen molar-refractivity contribution in [3.05, 3.63) is 53.6 Å². The van der Waals surface area contributed by atoms with Crippen LogP contribution in [-0.4, -0.2) is 84.6 Å². The molecule has 2 aromatic rings. The van der Waals surface area contributed by atoms with Crippen LogP contribution in [-0.2, 0) is 4.74 Å². The maximum Gasteiger partial charge on any atom is 0.438 e. The van der Waals surface area contributed by atoms with E-state index in [1.807, 2.05) is 52.0 Å². The normalized spacial score (nSPS) is 18.6. The molecule has 41 heavy (non-hydrogen) atoms. The van der Waals surface area contributed by atoms with Gasteiger partial charge in [-0.15, -0.1) is 5.01 Å². The van der Waals surface area contributed by atoms with Gasteiger partial charge in [-0.25, -0.2) is 4.79 Å². The molecule has 2 aliphatic rings. The zero-order chi connectivity index (χ0) is 29.5. The van der Waals surface area contributed by atoms with Gasteiger partial charge in [0.1, 0.15) is 6.61 Å². The first-order valence-corrected chi connectivity index (χ1v) is 14.9. The van der Waals surface area contributed by atoms with E-state index in [-0.39, 0.29) is 23.7 Å². The van der Waals surface area contributed by atoms with Gasteiger partial charge in [0.15, 0.2) is 11.5 Å². The monoisotopic (exact) mass is 582 g/mol. The maximum absolute atomic E-state index is 13.7. The smallest absolute Gasteiger partial charge is 0.438 e. The fraction of sp³-hybridized carbons (Fsp3) is 0.467. The summed E-state index contributed by atoms with van der Waals surface area (Å²) in [6.45, 7) is 11.3. The number of likely N-dealkylation sites (N-methyl/N-ethyl adjacent to an activating group) is 1. The van der Waals surface area contributed by atoms with Crippen molar-refractivity contribution in [2.45, 2.75) is 45.3 Å². The molecule has 2 aliphatic heterocycles. The minimum atomic E-state index is -0.774. The third-order valence-electron chi connectivity index (χ3n) is 7.34. The Morgan fingerprint density at radius 2 is 1.85 bits per heavy atom. The Labute approximate surface area is 245 Å². The number of rotatable bonds is 10. The number of methoxy groups -OCH3 is 1. The Morgan fingerprint density at radius 3 is 2.56 bits per heavy atom. The summed E-state index contributed by atoms with van der Waals surface area (Å²) in [7, 11) is 1.55. The number of hydrogen-bond donors (Lipinski definition) is 0. The summed E-state index contributed by atoms with van der Waals surface area (Å²) in [5.41, 5.74) is 2.88. The van der Waals surface area contributed by atoms with E-state index in [2.05, 4.69) is 10.0 Å². The number of carbonyl (C=O) groups is 3. The van der Waals surface area contributed by atoms with Crippen molar-refractivity contribution in [2.75, 3.05) is 51.4 Å². The first-order valence-electron chi connectivity index (χ1n) is 14.0. The predicted molar refractivity (Wildman–Crippen MR) is 160 cm³/mol. The Morgan fingerprint density at radius 1 is 1.10 bits per heavy atom. The fourth-order valence-corrected chi connectivity index (χ4v) is 5.99. The van der Waals surface area contributed by atoms with Crippen molar-refractivity contribution in [1.82, 2.24) is 9.91 Å². The summed E-state index contributed by atoms with van der Waals surface area (Å²) in [5, 5.41) is 4.68. The highest BCUT2D eigenvalue weighted by Gasteiger charge is 2.39. The van der Waals surface area contributed by atoms with Gasteiger partial charge in [0.2, 0.25) is 0 Å². The minimum Gasteiger partial charge on any atom is -0.493 e. The van der Waals surface area contributed by atoms with Gasteiger partial charge in [-0.2, -0.15) is 5.10 Å². The van der Waals surface area contributed by atoms with Crippen molar-refractivity contribution >= 4 is 40.4 Å². The Bertz CT molecular complexity index is 1300. The van der Waals surface area contributed by atoms with Crippen LogP contribution in [0.5, 0.6) is 11.5 Å². The van der Waals surface area contributed by atoms with E-state index >= 15 is 0 Å². The van der Waals surface area contributed by atoms with Crippen LogP contribution < -0.4 is 14.4 Å². The molecule has 2 unspecified atom stereocenters. The zero-order valence-electron chi connectivity index (χ0n) is 24.3. The standard InChI is InChI=1S/C30H38N4O6S/c1-6-32(7-2)17-18-40-29(36)34-30(37)41-20(4)27(31-34)23-15-16-33(24-12-10-9-11-22(23)24)28(35)21-13-14-25(39-8-3)26(19-21)38-5/h9-14,19-20,23H,6-8,15-18H2,1-5H3. The lowest BCUT2D eigenvalue weighted by Crippen LogP contribution is -2.43. The van der Waals surface area contributed by atoms with E-state index in [1.54, 1.807) is 30.2 Å². The second kappa shape index (κ2) is 13.9. The van der Waals surface area contributed by atoms with Crippen LogP contribution in [0.4, 0.5) is 15.3 Å². The largest absolute Gasteiger partial charge is 0.493 e. The summed E-state index contributed by atoms with van der Waals surface area (Å²) in [6, 6.07) is 12.9. The van der Waals surface area contributed by atoms with Crippen molar-refractivity contribution in [2.24, 2.45) is 5.10 Å². The van der Waals surface area contributed by atoms with E-state index in [0.717, 1.165) is 41.1 Å². The van der Waals surface area contributed by atoms with Crippen molar-refractivity contribution < 1.29 is 28.6 Å². The Kier molecular flexibility index (Phi) is 10.3. The van der Waals surface area contributed by atoms with Crippen LogP contribution in [0.15, 0.2) is 47.6 Å². The van der Waals surface area contributed by atoms with Gasteiger partial charge in [-0.1, -0.05) is 43.8 Å². The van der Waals surface area contributed by atoms with Gasteiger partial charge in [0, 0.05) is 30.3 Å². The number of para-hydroxylation sites is 1. The SMILES string of the molecule is CCOc1ccc(C(=O)N2CCC(C3=NN(C(=O)OCCN(CC)CC)C(=O)SC3C)c3ccccc32)cc1OC. The maximum atomic E-state index is 13.7. The number of benzene rings is 2. The highest BCUT2D eigenvalue weighted by molar-refractivity contribution is 8.14. The molecule has 0 saturated carbocycles. The number of fused-ring (bicyclic) bond motifs is 1. The molecular formula is C30H38N4O6S. The van der Waals surface area contributed by atoms with Crippen LogP contribution in [0.1, 0.15) is 56.0 Å². The molecular weight excluding hydrogens is 544 g/mol. The Balaban J connectivity index is 1.58. The summed E-state index contributed by atoms with van der Waals surface area (Å²) in [5.74, 6) is 0.751. The lowest BCUT2D eigenvalue weighted by molar-refractivity contribution is 0.0983. The van der Waals surface area contributed by atoms with Gasteiger partial charge in [0.05, 0.1) is 24.7 Å². The first-order chi connectivity index (χ1) is 19.8. The molecule has 2 heterocycles. The van der Waals surface area contributed by atoms with Gasteiger partial charge in [-0.05, 0) is 63.2 Å². The molecule has 0 bridgehead atoms. The highest BCUT2D eigenvalue weighted by atomic mass is 32.2. The molecule has 0 saturated heterocycles. The number of thioether (sulfide) groups is 1. The Hall–Kier alpha value is -3.57. The first kappa shape index (κ1) is 30.4. The van der Waals surface area contributed by atoms with Crippen molar-refractivity contribution in [1.29, 1.82) is 0 Å². The molecule has 0 aliphatic carbocycles. The number of carbonyl (C=O) groups excluding carboxylic acids is 3. The molecule has 0 radical (unpaired) electrons. The van der Waals surface area contributed by atoms with Crippen molar-refractivity contribution in [3.8, 4) is 11.5 Å². The molecule has 0 spiro atoms. The second-order valence-corrected chi connectivity index (χ2v) is 11.0. The lowest BCUT2D eigenvalue weighted by Gasteiger charge is -2.37. The average Bonchev–Trinajstić information content (AvgIpc) is 2.99. The van der Waals surface area contributed by atoms with E-state index < -0.39 is 11.3 Å². The van der Waals surface area contributed by atoms with Crippen LogP contribution in [0, 0.1) is 0 Å². The molecule has 11 heteroatoms. The van der Waals surface area contributed by atoms with Crippen LogP contribution in [0.2, 0.25) is 0 Å². The lowest BCUT2D eigenvalue weighted by atomic mass is 9.84. The molecule has 2 aromatic carbocycles. The quantitative estimate of drug-likeness (QED) is 0.356. The predicted octanol–water partition coefficient (Wildman–Crippen LogP) is 5.62. The van der Waals surface area contributed by atoms with Gasteiger partial charge in [0.25, 0.3) is 5.91 Å². The number of anilines is 1. The number of amides is 3. The highest BCUT2D eigenvalue weighted by Crippen LogP contribution is 2.41. The topological polar surface area (TPSA) is 101 Å². The van der Waals surface area contributed by atoms with Crippen molar-refractivity contribution in [3.63, 3.8) is 0 Å². The van der Waals surface area contributed by atoms with Crippen LogP contribution >= 0.6 is 11.8 Å². The average molecular weight is 583 g/mol. The number of hydrogen-bond acceptors (Lipinski definition) is 9. The summed E-state index contributed by atoms with van der Waals surface area (Å²) >= 11 is 1.05. The summed E-state index contributed by atoms with van der Waals surface area (Å²) in [4.78, 5) is 43.2. The molecule has 0 aromatic heterocycles. The van der Waals surface area contributed by atoms with E-state index in [9.17, 15) is 14.4 Å². The molecule has 0 N–H and O–H groups in total. The minimum absolute atomic E-state index is 0.154. The van der Waals surface area contributed by atoms with Gasteiger partial charge in [-0.3, -0.25) is 9.59 Å². The van der Waals surface area contributed by atoms with E-state index in [4.69, 9.17) is 14.2 Å². The molecule has 10 nitrogen and oxygen atoms in total.